The molecule has 8 nitrogen and oxygen atoms in total. The molecule has 3 heterocycles. The second kappa shape index (κ2) is 10.7. The Hall–Kier alpha value is -7.70. The third kappa shape index (κ3) is 4.08. The molecule has 0 aliphatic heterocycles. The van der Waals surface area contributed by atoms with Gasteiger partial charge in [-0.15, -0.1) is 0 Å². The summed E-state index contributed by atoms with van der Waals surface area (Å²) in [5, 5.41) is 52.8. The SMILES string of the molecule is N#Cc1ccc2c(c1)c1cc(C#N)ccc1n2-c1cc(C#N)c(-c2ccncc2)cc1-n1c2ccc(C#N)cc2c2cc(C#N)ccc21. The zero-order valence-corrected chi connectivity index (χ0v) is 25.0. The average Bonchev–Trinajstić information content (AvgIpc) is 3.65. The lowest BCUT2D eigenvalue weighted by atomic mass is 9.99. The normalized spacial score (nSPS) is 10.8. The molecule has 0 saturated carbocycles. The fourth-order valence-corrected chi connectivity index (χ4v) is 6.64. The third-order valence-electron chi connectivity index (χ3n) is 8.75. The first-order valence-corrected chi connectivity index (χ1v) is 14.8. The predicted octanol–water partition coefficient (Wildman–Crippen LogP) is 8.30. The average molecular weight is 611 g/mol. The summed E-state index contributed by atoms with van der Waals surface area (Å²) in [6, 6.07) is 40.8. The molecule has 8 rings (SSSR count). The summed E-state index contributed by atoms with van der Waals surface area (Å²) in [5.41, 5.74) is 8.54. The summed E-state index contributed by atoms with van der Waals surface area (Å²) < 4.78 is 4.16. The van der Waals surface area contributed by atoms with Gasteiger partial charge in [-0.3, -0.25) is 4.98 Å². The van der Waals surface area contributed by atoms with Crippen LogP contribution in [-0.2, 0) is 0 Å². The van der Waals surface area contributed by atoms with Gasteiger partial charge in [0.05, 0.1) is 91.6 Å². The number of benzene rings is 5. The number of nitrogens with zero attached hydrogens (tertiary/aromatic N) is 8. The monoisotopic (exact) mass is 610 g/mol. The number of fused-ring (bicyclic) bond motifs is 6. The fourth-order valence-electron chi connectivity index (χ4n) is 6.64. The molecule has 0 unspecified atom stereocenters. The highest BCUT2D eigenvalue weighted by atomic mass is 15.1. The Labute approximate surface area is 273 Å². The van der Waals surface area contributed by atoms with Gasteiger partial charge in [0.2, 0.25) is 0 Å². The molecular weight excluding hydrogens is 592 g/mol. The van der Waals surface area contributed by atoms with Crippen molar-refractivity contribution in [3.63, 3.8) is 0 Å². The second-order valence-corrected chi connectivity index (χ2v) is 11.3. The van der Waals surface area contributed by atoms with Gasteiger partial charge in [0.15, 0.2) is 0 Å². The van der Waals surface area contributed by atoms with E-state index in [-0.39, 0.29) is 0 Å². The predicted molar refractivity (Wildman–Crippen MR) is 182 cm³/mol. The lowest BCUT2D eigenvalue weighted by molar-refractivity contribution is 1.09. The number of pyridine rings is 1. The Kier molecular flexibility index (Phi) is 6.22. The molecule has 8 heteroatoms. The van der Waals surface area contributed by atoms with E-state index in [1.807, 2.05) is 72.8 Å². The van der Waals surface area contributed by atoms with Crippen LogP contribution in [0.2, 0.25) is 0 Å². The Morgan fingerprint density at radius 2 is 0.792 bits per heavy atom. The fraction of sp³-hybridized carbons (Fsp3) is 0. The zero-order valence-electron chi connectivity index (χ0n) is 25.0. The van der Waals surface area contributed by atoms with Crippen molar-refractivity contribution >= 4 is 43.6 Å². The third-order valence-corrected chi connectivity index (χ3v) is 8.75. The van der Waals surface area contributed by atoms with E-state index in [0.717, 1.165) is 54.9 Å². The molecule has 0 spiro atoms. The van der Waals surface area contributed by atoms with Crippen LogP contribution in [0.4, 0.5) is 0 Å². The Bertz CT molecular complexity index is 2750. The molecule has 48 heavy (non-hydrogen) atoms. The molecule has 8 aromatic rings. The van der Waals surface area contributed by atoms with Crippen LogP contribution >= 0.6 is 0 Å². The standard InChI is InChI=1S/C40H18N8/c41-19-24-1-5-35-31(13-24)32-14-25(20-42)2-6-36(32)47(35)39-17-29(23-45)30(28-9-11-46-12-10-28)18-40(39)48-37-7-3-26(21-43)15-33(37)34-16-27(22-44)4-8-38(34)48/h1-18H. The van der Waals surface area contributed by atoms with Crippen LogP contribution < -0.4 is 0 Å². The molecule has 0 N–H and O–H groups in total. The first-order valence-electron chi connectivity index (χ1n) is 14.8. The maximum absolute atomic E-state index is 10.5. The Balaban J connectivity index is 1.59. The summed E-state index contributed by atoms with van der Waals surface area (Å²) in [6.07, 6.45) is 3.37. The summed E-state index contributed by atoms with van der Waals surface area (Å²) in [7, 11) is 0. The molecular formula is C40H18N8. The van der Waals surface area contributed by atoms with Gasteiger partial charge in [0.25, 0.3) is 0 Å². The van der Waals surface area contributed by atoms with Gasteiger partial charge < -0.3 is 9.13 Å². The van der Waals surface area contributed by atoms with Gasteiger partial charge in [-0.2, -0.15) is 26.3 Å². The van der Waals surface area contributed by atoms with Crippen molar-refractivity contribution in [1.29, 1.82) is 26.3 Å². The molecule has 0 aliphatic rings. The second-order valence-electron chi connectivity index (χ2n) is 11.3. The van der Waals surface area contributed by atoms with Gasteiger partial charge in [-0.25, -0.2) is 0 Å². The first-order chi connectivity index (χ1) is 23.6. The van der Waals surface area contributed by atoms with Gasteiger partial charge in [-0.1, -0.05) is 0 Å². The van der Waals surface area contributed by atoms with E-state index in [4.69, 9.17) is 0 Å². The summed E-state index contributed by atoms with van der Waals surface area (Å²) in [4.78, 5) is 4.18. The van der Waals surface area contributed by atoms with Crippen molar-refractivity contribution in [1.82, 2.24) is 14.1 Å². The molecule has 3 aromatic heterocycles. The van der Waals surface area contributed by atoms with Crippen molar-refractivity contribution < 1.29 is 0 Å². The molecule has 0 bridgehead atoms. The Morgan fingerprint density at radius 1 is 0.417 bits per heavy atom. The maximum atomic E-state index is 10.5. The first kappa shape index (κ1) is 27.8. The van der Waals surface area contributed by atoms with Crippen LogP contribution in [0.5, 0.6) is 0 Å². The molecule has 0 fully saturated rings. The Morgan fingerprint density at radius 3 is 1.15 bits per heavy atom. The van der Waals surface area contributed by atoms with Crippen LogP contribution in [0.1, 0.15) is 27.8 Å². The van der Waals surface area contributed by atoms with E-state index >= 15 is 0 Å². The smallest absolute Gasteiger partial charge is 0.0998 e. The minimum Gasteiger partial charge on any atom is -0.307 e. The number of hydrogen-bond acceptors (Lipinski definition) is 6. The number of aromatic nitrogens is 3. The van der Waals surface area contributed by atoms with E-state index < -0.39 is 0 Å². The van der Waals surface area contributed by atoms with E-state index in [0.29, 0.717) is 39.1 Å². The van der Waals surface area contributed by atoms with Gasteiger partial charge in [0.1, 0.15) is 0 Å². The number of rotatable bonds is 3. The molecule has 5 aromatic carbocycles. The van der Waals surface area contributed by atoms with Crippen molar-refractivity contribution in [2.75, 3.05) is 0 Å². The van der Waals surface area contributed by atoms with Crippen molar-refractivity contribution in [3.8, 4) is 52.8 Å². The number of hydrogen-bond donors (Lipinski definition) is 0. The van der Waals surface area contributed by atoms with E-state index in [2.05, 4.69) is 44.5 Å². The van der Waals surface area contributed by atoms with Crippen LogP contribution in [-0.4, -0.2) is 14.1 Å². The van der Waals surface area contributed by atoms with Crippen LogP contribution in [0.15, 0.2) is 109 Å². The van der Waals surface area contributed by atoms with Gasteiger partial charge in [-0.05, 0) is 103 Å². The molecule has 0 saturated heterocycles. The maximum Gasteiger partial charge on any atom is 0.0998 e. The van der Waals surface area contributed by atoms with Crippen LogP contribution in [0.3, 0.4) is 0 Å². The largest absolute Gasteiger partial charge is 0.307 e. The highest BCUT2D eigenvalue weighted by Gasteiger charge is 2.23. The minimum atomic E-state index is 0.441. The molecule has 0 atom stereocenters. The lowest BCUT2D eigenvalue weighted by Gasteiger charge is -2.19. The summed E-state index contributed by atoms with van der Waals surface area (Å²) in [5.74, 6) is 0. The minimum absolute atomic E-state index is 0.441. The van der Waals surface area contributed by atoms with Crippen molar-refractivity contribution in [2.45, 2.75) is 0 Å². The highest BCUT2D eigenvalue weighted by Crippen LogP contribution is 2.41. The van der Waals surface area contributed by atoms with Gasteiger partial charge >= 0.3 is 0 Å². The highest BCUT2D eigenvalue weighted by molar-refractivity contribution is 6.12. The molecule has 0 amide bonds. The van der Waals surface area contributed by atoms with E-state index in [9.17, 15) is 26.3 Å². The number of nitriles is 5. The molecule has 218 valence electrons. The molecule has 0 aliphatic carbocycles. The lowest BCUT2D eigenvalue weighted by Crippen LogP contribution is -2.05. The van der Waals surface area contributed by atoms with E-state index in [1.165, 1.54) is 0 Å². The van der Waals surface area contributed by atoms with Crippen molar-refractivity contribution in [3.05, 3.63) is 137 Å². The van der Waals surface area contributed by atoms with Crippen LogP contribution in [0.25, 0.3) is 66.1 Å². The van der Waals surface area contributed by atoms with Gasteiger partial charge in [0, 0.05) is 39.5 Å². The summed E-state index contributed by atoms with van der Waals surface area (Å²) >= 11 is 0. The molecule has 0 radical (unpaired) electrons. The van der Waals surface area contributed by atoms with Crippen LogP contribution in [0, 0.1) is 56.7 Å². The zero-order chi connectivity index (χ0) is 32.9. The van der Waals surface area contributed by atoms with E-state index in [1.54, 1.807) is 36.7 Å². The van der Waals surface area contributed by atoms with Crippen molar-refractivity contribution in [2.24, 2.45) is 0 Å². The topological polar surface area (TPSA) is 142 Å². The quantitative estimate of drug-likeness (QED) is 0.197. The summed E-state index contributed by atoms with van der Waals surface area (Å²) in [6.45, 7) is 0.